The van der Waals surface area contributed by atoms with Crippen LogP contribution < -0.4 is 10.6 Å². The second kappa shape index (κ2) is 5.83. The first kappa shape index (κ1) is 12.8. The standard InChI is InChI=1S/C13H24N2O2/c1-3-12-11(5-7-17-12)13(16)15-10-4-6-14-9(2)8-10/h9-12,14H,3-8H2,1-2H3,(H,15,16). The van der Waals surface area contributed by atoms with Gasteiger partial charge in [-0.2, -0.15) is 0 Å². The monoisotopic (exact) mass is 240 g/mol. The average Bonchev–Trinajstić information content (AvgIpc) is 2.77. The highest BCUT2D eigenvalue weighted by atomic mass is 16.5. The molecule has 0 aromatic heterocycles. The Hall–Kier alpha value is -0.610. The Labute approximate surface area is 103 Å². The number of amides is 1. The highest BCUT2D eigenvalue weighted by Crippen LogP contribution is 2.24. The lowest BCUT2D eigenvalue weighted by Gasteiger charge is -2.30. The summed E-state index contributed by atoms with van der Waals surface area (Å²) in [4.78, 5) is 12.2. The first-order valence-corrected chi connectivity index (χ1v) is 6.86. The summed E-state index contributed by atoms with van der Waals surface area (Å²) >= 11 is 0. The van der Waals surface area contributed by atoms with Gasteiger partial charge in [0.25, 0.3) is 0 Å². The maximum absolute atomic E-state index is 12.2. The number of ether oxygens (including phenoxy) is 1. The van der Waals surface area contributed by atoms with Crippen molar-refractivity contribution < 1.29 is 9.53 Å². The Balaban J connectivity index is 1.83. The van der Waals surface area contributed by atoms with Crippen LogP contribution >= 0.6 is 0 Å². The molecule has 2 heterocycles. The molecule has 17 heavy (non-hydrogen) atoms. The number of rotatable bonds is 3. The molecule has 2 N–H and O–H groups in total. The van der Waals surface area contributed by atoms with Crippen LogP contribution in [0.5, 0.6) is 0 Å². The summed E-state index contributed by atoms with van der Waals surface area (Å²) in [7, 11) is 0. The van der Waals surface area contributed by atoms with E-state index in [1.54, 1.807) is 0 Å². The zero-order valence-corrected chi connectivity index (χ0v) is 10.9. The van der Waals surface area contributed by atoms with Crippen molar-refractivity contribution >= 4 is 5.91 Å². The van der Waals surface area contributed by atoms with Crippen molar-refractivity contribution in [1.82, 2.24) is 10.6 Å². The number of hydrogen-bond donors (Lipinski definition) is 2. The Morgan fingerprint density at radius 1 is 1.47 bits per heavy atom. The van der Waals surface area contributed by atoms with Gasteiger partial charge in [0.2, 0.25) is 5.91 Å². The second-order valence-corrected chi connectivity index (χ2v) is 5.30. The Morgan fingerprint density at radius 2 is 2.29 bits per heavy atom. The molecule has 2 aliphatic heterocycles. The molecule has 0 aliphatic carbocycles. The fraction of sp³-hybridized carbons (Fsp3) is 0.923. The average molecular weight is 240 g/mol. The molecule has 4 heteroatoms. The lowest BCUT2D eigenvalue weighted by atomic mass is 9.96. The zero-order chi connectivity index (χ0) is 12.3. The topological polar surface area (TPSA) is 50.4 Å². The minimum atomic E-state index is 0.0743. The van der Waals surface area contributed by atoms with Gasteiger partial charge in [-0.25, -0.2) is 0 Å². The first-order chi connectivity index (χ1) is 8.20. The molecule has 2 saturated heterocycles. The third kappa shape index (κ3) is 3.19. The van der Waals surface area contributed by atoms with Crippen molar-refractivity contribution in [2.75, 3.05) is 13.2 Å². The zero-order valence-electron chi connectivity index (χ0n) is 10.9. The molecule has 1 amide bonds. The van der Waals surface area contributed by atoms with Crippen LogP contribution in [-0.2, 0) is 9.53 Å². The molecule has 4 nitrogen and oxygen atoms in total. The fourth-order valence-corrected chi connectivity index (χ4v) is 2.92. The SMILES string of the molecule is CCC1OCCC1C(=O)NC1CCNC(C)C1. The first-order valence-electron chi connectivity index (χ1n) is 6.86. The van der Waals surface area contributed by atoms with E-state index >= 15 is 0 Å². The Morgan fingerprint density at radius 3 is 3.00 bits per heavy atom. The van der Waals surface area contributed by atoms with Crippen molar-refractivity contribution in [3.8, 4) is 0 Å². The molecule has 0 saturated carbocycles. The van der Waals surface area contributed by atoms with E-state index in [2.05, 4.69) is 24.5 Å². The predicted octanol–water partition coefficient (Wildman–Crippen LogP) is 1.06. The maximum atomic E-state index is 12.2. The van der Waals surface area contributed by atoms with Crippen LogP contribution in [0.3, 0.4) is 0 Å². The van der Waals surface area contributed by atoms with Crippen molar-refractivity contribution in [3.63, 3.8) is 0 Å². The van der Waals surface area contributed by atoms with Crippen LogP contribution in [0.15, 0.2) is 0 Å². The van der Waals surface area contributed by atoms with Crippen LogP contribution in [0.25, 0.3) is 0 Å². The normalized spacial score (nSPS) is 38.0. The molecule has 0 aromatic carbocycles. The highest BCUT2D eigenvalue weighted by molar-refractivity contribution is 5.79. The van der Waals surface area contributed by atoms with E-state index in [-0.39, 0.29) is 17.9 Å². The van der Waals surface area contributed by atoms with E-state index in [4.69, 9.17) is 4.74 Å². The minimum absolute atomic E-state index is 0.0743. The van der Waals surface area contributed by atoms with Gasteiger partial charge in [-0.05, 0) is 39.2 Å². The van der Waals surface area contributed by atoms with Gasteiger partial charge in [0.1, 0.15) is 0 Å². The lowest BCUT2D eigenvalue weighted by molar-refractivity contribution is -0.127. The van der Waals surface area contributed by atoms with Gasteiger partial charge < -0.3 is 15.4 Å². The largest absolute Gasteiger partial charge is 0.377 e. The molecule has 0 bridgehead atoms. The predicted molar refractivity (Wildman–Crippen MR) is 66.8 cm³/mol. The quantitative estimate of drug-likeness (QED) is 0.775. The molecule has 2 fully saturated rings. The number of piperidine rings is 1. The third-order valence-electron chi connectivity index (χ3n) is 3.92. The van der Waals surface area contributed by atoms with Crippen LogP contribution in [0.4, 0.5) is 0 Å². The summed E-state index contributed by atoms with van der Waals surface area (Å²) in [5, 5.41) is 6.60. The van der Waals surface area contributed by atoms with Crippen LogP contribution in [0, 0.1) is 5.92 Å². The van der Waals surface area contributed by atoms with E-state index in [9.17, 15) is 4.79 Å². The number of carbonyl (C=O) groups is 1. The third-order valence-corrected chi connectivity index (χ3v) is 3.92. The van der Waals surface area contributed by atoms with Gasteiger partial charge in [-0.15, -0.1) is 0 Å². The fourth-order valence-electron chi connectivity index (χ4n) is 2.92. The molecule has 0 spiro atoms. The summed E-state index contributed by atoms with van der Waals surface area (Å²) in [6.45, 7) is 6.00. The van der Waals surface area contributed by atoms with Gasteiger partial charge in [0.05, 0.1) is 12.0 Å². The number of nitrogens with one attached hydrogen (secondary N) is 2. The van der Waals surface area contributed by atoms with Gasteiger partial charge in [0, 0.05) is 18.7 Å². The van der Waals surface area contributed by atoms with Crippen molar-refractivity contribution in [2.24, 2.45) is 5.92 Å². The van der Waals surface area contributed by atoms with Crippen LogP contribution in [0.2, 0.25) is 0 Å². The molecule has 0 aromatic rings. The van der Waals surface area contributed by atoms with E-state index < -0.39 is 0 Å². The summed E-state index contributed by atoms with van der Waals surface area (Å²) in [5.41, 5.74) is 0. The van der Waals surface area contributed by atoms with Crippen molar-refractivity contribution in [1.29, 1.82) is 0 Å². The van der Waals surface area contributed by atoms with Crippen LogP contribution in [0.1, 0.15) is 39.5 Å². The lowest BCUT2D eigenvalue weighted by Crippen LogP contribution is -2.48. The Bertz CT molecular complexity index is 270. The minimum Gasteiger partial charge on any atom is -0.377 e. The van der Waals surface area contributed by atoms with Gasteiger partial charge in [-0.3, -0.25) is 4.79 Å². The molecule has 4 atom stereocenters. The summed E-state index contributed by atoms with van der Waals surface area (Å²) < 4.78 is 5.57. The van der Waals surface area contributed by atoms with Crippen LogP contribution in [-0.4, -0.2) is 37.2 Å². The molecule has 0 radical (unpaired) electrons. The smallest absolute Gasteiger partial charge is 0.226 e. The molecular weight excluding hydrogens is 216 g/mol. The van der Waals surface area contributed by atoms with E-state index in [0.717, 1.165) is 38.8 Å². The van der Waals surface area contributed by atoms with E-state index in [1.165, 1.54) is 0 Å². The number of hydrogen-bond acceptors (Lipinski definition) is 3. The van der Waals surface area contributed by atoms with E-state index in [0.29, 0.717) is 12.1 Å². The number of carbonyl (C=O) groups excluding carboxylic acids is 1. The molecule has 2 rings (SSSR count). The van der Waals surface area contributed by atoms with Crippen molar-refractivity contribution in [2.45, 2.75) is 57.7 Å². The van der Waals surface area contributed by atoms with Gasteiger partial charge in [-0.1, -0.05) is 6.92 Å². The van der Waals surface area contributed by atoms with Crippen molar-refractivity contribution in [3.05, 3.63) is 0 Å². The second-order valence-electron chi connectivity index (χ2n) is 5.30. The van der Waals surface area contributed by atoms with E-state index in [1.807, 2.05) is 0 Å². The van der Waals surface area contributed by atoms with Gasteiger partial charge in [0.15, 0.2) is 0 Å². The molecular formula is C13H24N2O2. The highest BCUT2D eigenvalue weighted by Gasteiger charge is 2.34. The van der Waals surface area contributed by atoms with Gasteiger partial charge >= 0.3 is 0 Å². The summed E-state index contributed by atoms with van der Waals surface area (Å²) in [5.74, 6) is 0.277. The summed E-state index contributed by atoms with van der Waals surface area (Å²) in [6.07, 6.45) is 4.02. The maximum Gasteiger partial charge on any atom is 0.226 e. The molecule has 98 valence electrons. The Kier molecular flexibility index (Phi) is 4.40. The summed E-state index contributed by atoms with van der Waals surface area (Å²) in [6, 6.07) is 0.854. The molecule has 4 unspecified atom stereocenters. The molecule has 2 aliphatic rings.